The molecule has 4 N–H and O–H groups in total. The molecule has 76 heavy (non-hydrogen) atoms. The van der Waals surface area contributed by atoms with Gasteiger partial charge in [-0.15, -0.1) is 0 Å². The number of para-hydroxylation sites is 2. The van der Waals surface area contributed by atoms with Crippen molar-refractivity contribution in [2.75, 3.05) is 78.8 Å². The van der Waals surface area contributed by atoms with Crippen molar-refractivity contribution in [3.05, 3.63) is 187 Å². The first-order valence-corrected chi connectivity index (χ1v) is 25.3. The number of nitrogen functional groups attached to an aromatic ring is 1. The van der Waals surface area contributed by atoms with Gasteiger partial charge in [0.15, 0.2) is 0 Å². The Kier molecular flexibility index (Phi) is 14.2. The maximum Gasteiger partial charge on any atom is 0.220 e. The van der Waals surface area contributed by atoms with Crippen LogP contribution >= 0.6 is 0 Å². The molecule has 380 valence electrons. The van der Waals surface area contributed by atoms with Crippen LogP contribution in [0.1, 0.15) is 17.0 Å². The number of hydrogen-bond acceptors (Lipinski definition) is 13. The highest BCUT2D eigenvalue weighted by molar-refractivity contribution is 6.01. The molecule has 0 unspecified atom stereocenters. The van der Waals surface area contributed by atoms with Crippen LogP contribution in [0.3, 0.4) is 0 Å². The number of aromatic nitrogens is 6. The highest BCUT2D eigenvalue weighted by Gasteiger charge is 2.23. The average Bonchev–Trinajstić information content (AvgIpc) is 3.48. The maximum atomic E-state index is 14.9. The first-order chi connectivity index (χ1) is 37.2. The number of aryl methyl sites for hydroxylation is 1. The average molecular weight is 1010 g/mol. The predicted molar refractivity (Wildman–Crippen MR) is 300 cm³/mol. The summed E-state index contributed by atoms with van der Waals surface area (Å²) in [5.41, 5.74) is 20.6. The number of nitrogens with two attached hydrogens (primary N) is 1. The van der Waals surface area contributed by atoms with Gasteiger partial charge >= 0.3 is 0 Å². The lowest BCUT2D eigenvalue weighted by molar-refractivity contribution is 0.122. The monoisotopic (exact) mass is 1010 g/mol. The Hall–Kier alpha value is -8.92. The van der Waals surface area contributed by atoms with Crippen LogP contribution in [0.25, 0.3) is 66.8 Å². The molecule has 13 nitrogen and oxygen atoms in total. The number of pyridine rings is 2. The quantitative estimate of drug-likeness (QED) is 0.119. The molecule has 0 saturated carbocycles. The standard InChI is InChI=1S/C31H28FN5O.C30H27FN6O/c1-20-30(23-7-3-5-9-25(23)32)35-27-10-6-4-8-24(27)31(20)36-28-19-22(26-13-14-33-21(2)34-26)11-12-29(28)37-15-17-38-18-16-37;1-19-28(21-6-2-4-8-23(21)31)34-25-9-5-3-7-22(25)29(19)35-26-18-20(24-12-13-33-30(32)36-24)10-11-27(26)37-14-16-38-17-15-37/h3-14,19H,15-18H2,1-2H3,(H,35,36);2-13,18H,14-17H2,1H3,(H,34,35)(H2,32,33,36). The Bertz CT molecular complexity index is 3510. The number of nitrogens with one attached hydrogen (secondary N) is 2. The van der Waals surface area contributed by atoms with Crippen LogP contribution in [0.2, 0.25) is 0 Å². The third-order valence-corrected chi connectivity index (χ3v) is 13.8. The van der Waals surface area contributed by atoms with Gasteiger partial charge in [-0.05, 0) is 105 Å². The van der Waals surface area contributed by atoms with Crippen molar-refractivity contribution >= 4 is 61.9 Å². The van der Waals surface area contributed by atoms with Gasteiger partial charge < -0.3 is 35.6 Å². The van der Waals surface area contributed by atoms with Gasteiger partial charge in [0.2, 0.25) is 5.95 Å². The van der Waals surface area contributed by atoms with Gasteiger partial charge in [-0.1, -0.05) is 72.8 Å². The minimum absolute atomic E-state index is 0.222. The van der Waals surface area contributed by atoms with Crippen LogP contribution in [0.15, 0.2) is 158 Å². The number of halogens is 2. The first kappa shape index (κ1) is 49.3. The molecule has 0 bridgehead atoms. The second kappa shape index (κ2) is 21.9. The SMILES string of the molecule is Cc1c(-c2ccccc2F)nc2ccccc2c1Nc1cc(-c2ccnc(N)n2)ccc1N1CCOCC1.Cc1nccc(-c2ccc(N3CCOCC3)c(Nc3c(C)c(-c4ccccc4F)nc4ccccc34)c2)n1. The van der Waals surface area contributed by atoms with Gasteiger partial charge in [0.05, 0.1) is 94.4 Å². The molecule has 6 heterocycles. The Morgan fingerprint density at radius 2 is 0.921 bits per heavy atom. The minimum Gasteiger partial charge on any atom is -0.378 e. The molecule has 0 radical (unpaired) electrons. The van der Waals surface area contributed by atoms with Crippen LogP contribution in [-0.2, 0) is 9.47 Å². The lowest BCUT2D eigenvalue weighted by Crippen LogP contribution is -2.36. The van der Waals surface area contributed by atoms with E-state index in [4.69, 9.17) is 25.2 Å². The summed E-state index contributed by atoms with van der Waals surface area (Å²) in [6, 6.07) is 45.8. The fraction of sp³-hybridized carbons (Fsp3) is 0.180. The van der Waals surface area contributed by atoms with E-state index < -0.39 is 0 Å². The van der Waals surface area contributed by atoms with Crippen molar-refractivity contribution in [1.29, 1.82) is 0 Å². The summed E-state index contributed by atoms with van der Waals surface area (Å²) < 4.78 is 41.0. The van der Waals surface area contributed by atoms with E-state index in [0.29, 0.717) is 48.9 Å². The number of benzene rings is 6. The molecule has 12 rings (SSSR count). The zero-order chi connectivity index (χ0) is 52.1. The van der Waals surface area contributed by atoms with Crippen molar-refractivity contribution in [1.82, 2.24) is 29.9 Å². The second-order valence-electron chi connectivity index (χ2n) is 18.6. The molecule has 6 aromatic carbocycles. The second-order valence-corrected chi connectivity index (χ2v) is 18.6. The summed E-state index contributed by atoms with van der Waals surface area (Å²) in [6.07, 6.45) is 3.43. The van der Waals surface area contributed by atoms with E-state index >= 15 is 0 Å². The van der Waals surface area contributed by atoms with E-state index in [1.165, 1.54) is 12.1 Å². The van der Waals surface area contributed by atoms with E-state index in [9.17, 15) is 8.78 Å². The van der Waals surface area contributed by atoms with Crippen LogP contribution in [-0.4, -0.2) is 82.5 Å². The number of anilines is 7. The van der Waals surface area contributed by atoms with Gasteiger partial charge in [-0.2, -0.15) is 0 Å². The van der Waals surface area contributed by atoms with E-state index in [2.05, 4.69) is 76.8 Å². The zero-order valence-corrected chi connectivity index (χ0v) is 42.4. The van der Waals surface area contributed by atoms with Gasteiger partial charge in [-0.25, -0.2) is 38.7 Å². The van der Waals surface area contributed by atoms with Crippen molar-refractivity contribution < 1.29 is 18.3 Å². The van der Waals surface area contributed by atoms with Crippen molar-refractivity contribution in [3.63, 3.8) is 0 Å². The summed E-state index contributed by atoms with van der Waals surface area (Å²) in [5.74, 6) is 0.348. The van der Waals surface area contributed by atoms with E-state index in [1.807, 2.05) is 93.6 Å². The predicted octanol–water partition coefficient (Wildman–Crippen LogP) is 12.7. The first-order valence-electron chi connectivity index (χ1n) is 25.3. The zero-order valence-electron chi connectivity index (χ0n) is 42.4. The molecule has 0 aliphatic carbocycles. The molecule has 2 aliphatic rings. The highest BCUT2D eigenvalue weighted by Crippen LogP contribution is 2.42. The lowest BCUT2D eigenvalue weighted by atomic mass is 10.0. The molecule has 2 aliphatic heterocycles. The molecule has 4 aromatic heterocycles. The molecule has 2 fully saturated rings. The normalized spacial score (nSPS) is 13.6. The Labute approximate surface area is 439 Å². The van der Waals surface area contributed by atoms with Crippen LogP contribution in [0.4, 0.5) is 48.9 Å². The van der Waals surface area contributed by atoms with Crippen molar-refractivity contribution in [3.8, 4) is 45.0 Å². The number of nitrogens with zero attached hydrogens (tertiary/aromatic N) is 8. The Morgan fingerprint density at radius 3 is 1.38 bits per heavy atom. The topological polar surface area (TPSA) is 152 Å². The summed E-state index contributed by atoms with van der Waals surface area (Å²) in [7, 11) is 0. The lowest BCUT2D eigenvalue weighted by Gasteiger charge is -2.31. The fourth-order valence-corrected chi connectivity index (χ4v) is 9.94. The minimum atomic E-state index is -0.304. The van der Waals surface area contributed by atoms with Gasteiger partial charge in [0, 0.05) is 71.6 Å². The molecular formula is C61H55F2N11O2. The van der Waals surface area contributed by atoms with Gasteiger partial charge in [-0.3, -0.25) is 0 Å². The summed E-state index contributed by atoms with van der Waals surface area (Å²) >= 11 is 0. The molecule has 10 aromatic rings. The van der Waals surface area contributed by atoms with Gasteiger partial charge in [0.25, 0.3) is 0 Å². The number of fused-ring (bicyclic) bond motifs is 2. The number of hydrogen-bond donors (Lipinski definition) is 3. The third-order valence-electron chi connectivity index (χ3n) is 13.8. The van der Waals surface area contributed by atoms with Crippen LogP contribution in [0, 0.1) is 32.4 Å². The fourth-order valence-electron chi connectivity index (χ4n) is 9.94. The number of rotatable bonds is 10. The third kappa shape index (κ3) is 10.3. The molecule has 15 heteroatoms. The Balaban J connectivity index is 0.000000162. The number of ether oxygens (including phenoxy) is 2. The van der Waals surface area contributed by atoms with E-state index in [-0.39, 0.29) is 17.6 Å². The highest BCUT2D eigenvalue weighted by atomic mass is 19.1. The summed E-state index contributed by atoms with van der Waals surface area (Å²) in [6.45, 7) is 11.7. The molecule has 0 amide bonds. The molecular weight excluding hydrogens is 957 g/mol. The van der Waals surface area contributed by atoms with E-state index in [0.717, 1.165) is 122 Å². The molecule has 2 saturated heterocycles. The van der Waals surface area contributed by atoms with Crippen LogP contribution < -0.4 is 26.2 Å². The Morgan fingerprint density at radius 1 is 0.487 bits per heavy atom. The van der Waals surface area contributed by atoms with Crippen molar-refractivity contribution in [2.24, 2.45) is 0 Å². The summed E-state index contributed by atoms with van der Waals surface area (Å²) in [5, 5.41) is 9.39. The molecule has 0 spiro atoms. The number of morpholine rings is 2. The maximum absolute atomic E-state index is 14.9. The molecule has 0 atom stereocenters. The van der Waals surface area contributed by atoms with Crippen molar-refractivity contribution in [2.45, 2.75) is 20.8 Å². The van der Waals surface area contributed by atoms with Crippen LogP contribution in [0.5, 0.6) is 0 Å². The smallest absolute Gasteiger partial charge is 0.220 e. The summed E-state index contributed by atoms with van der Waals surface area (Å²) in [4.78, 5) is 31.7. The van der Waals surface area contributed by atoms with E-state index in [1.54, 1.807) is 36.7 Å². The van der Waals surface area contributed by atoms with Gasteiger partial charge in [0.1, 0.15) is 17.5 Å². The largest absolute Gasteiger partial charge is 0.378 e.